The Balaban J connectivity index is 1.32. The van der Waals surface area contributed by atoms with Crippen LogP contribution in [0, 0.1) is 58.7 Å². The summed E-state index contributed by atoms with van der Waals surface area (Å²) in [5.74, 6) is 0.922. The van der Waals surface area contributed by atoms with Crippen LogP contribution in [-0.2, 0) is 0 Å². The zero-order valence-electron chi connectivity index (χ0n) is 25.7. The second-order valence-corrected chi connectivity index (χ2v) is 15.6. The van der Waals surface area contributed by atoms with Gasteiger partial charge in [-0.25, -0.2) is 4.98 Å². The number of aliphatic hydroxyl groups is 2. The fraction of sp³-hybridized carbons (Fsp3) is 0.541. The van der Waals surface area contributed by atoms with E-state index in [2.05, 4.69) is 38.1 Å². The van der Waals surface area contributed by atoms with Crippen LogP contribution in [0.3, 0.4) is 0 Å². The molecule has 0 saturated heterocycles. The molecule has 2 N–H and O–H groups in total. The first-order chi connectivity index (χ1) is 20.4. The van der Waals surface area contributed by atoms with Gasteiger partial charge in [-0.05, 0) is 87.7 Å². The molecular formula is C37H42N2O3S. The molecule has 3 saturated carbocycles. The third-order valence-corrected chi connectivity index (χ3v) is 14.1. The number of Topliss-reactive ketones (excluding diaryl/α,β-unsaturated/α-hetero) is 1. The second-order valence-electron chi connectivity index (χ2n) is 14.7. The van der Waals surface area contributed by atoms with Gasteiger partial charge in [-0.1, -0.05) is 62.4 Å². The summed E-state index contributed by atoms with van der Waals surface area (Å²) < 4.78 is 0. The average molecular weight is 595 g/mol. The summed E-state index contributed by atoms with van der Waals surface area (Å²) in [6, 6.07) is 13.9. The molecule has 0 amide bonds. The number of benzene rings is 1. The summed E-state index contributed by atoms with van der Waals surface area (Å²) in [5.41, 5.74) is 1.74. The molecule has 2 aromatic rings. The monoisotopic (exact) mass is 594 g/mol. The van der Waals surface area contributed by atoms with Gasteiger partial charge in [0.25, 0.3) is 0 Å². The lowest BCUT2D eigenvalue weighted by Gasteiger charge is -2.71. The van der Waals surface area contributed by atoms with Crippen molar-refractivity contribution in [1.82, 2.24) is 4.98 Å². The zero-order valence-corrected chi connectivity index (χ0v) is 26.5. The van der Waals surface area contributed by atoms with Crippen LogP contribution >= 0.6 is 11.8 Å². The fourth-order valence-electron chi connectivity index (χ4n) is 10.6. The summed E-state index contributed by atoms with van der Waals surface area (Å²) in [5, 5.41) is 34.1. The number of nitriles is 1. The van der Waals surface area contributed by atoms with Gasteiger partial charge >= 0.3 is 0 Å². The van der Waals surface area contributed by atoms with Gasteiger partial charge in [-0.3, -0.25) is 4.79 Å². The SMILES string of the molecule is Cc1cc(C)c(C#N)c(SC[C@]2(O)CC[C@H]3[C@]45C=C[C@@]6(C=C4C(=O)c4ccccc4)CC(O)CC[C@]6(C)[C@H]5CC[C@@]32C)n1. The highest BCUT2D eigenvalue weighted by Crippen LogP contribution is 2.78. The maximum Gasteiger partial charge on any atom is 0.189 e. The number of hydrogen-bond donors (Lipinski definition) is 2. The van der Waals surface area contributed by atoms with Gasteiger partial charge in [-0.15, -0.1) is 11.8 Å². The Morgan fingerprint density at radius 3 is 2.49 bits per heavy atom. The van der Waals surface area contributed by atoms with E-state index < -0.39 is 16.4 Å². The lowest BCUT2D eigenvalue weighted by Crippen LogP contribution is -2.67. The number of carbonyl (C=O) groups excluding carboxylic acids is 1. The van der Waals surface area contributed by atoms with Gasteiger partial charge in [-0.2, -0.15) is 5.26 Å². The van der Waals surface area contributed by atoms with E-state index in [-0.39, 0.29) is 34.6 Å². The van der Waals surface area contributed by atoms with E-state index in [1.54, 1.807) is 0 Å². The number of nitrogens with zero attached hydrogens (tertiary/aromatic N) is 2. The minimum Gasteiger partial charge on any atom is -0.393 e. The molecule has 0 radical (unpaired) electrons. The van der Waals surface area contributed by atoms with Crippen LogP contribution in [0.4, 0.5) is 0 Å². The largest absolute Gasteiger partial charge is 0.393 e. The van der Waals surface area contributed by atoms with Gasteiger partial charge in [0, 0.05) is 38.8 Å². The van der Waals surface area contributed by atoms with Crippen molar-refractivity contribution in [1.29, 1.82) is 5.26 Å². The summed E-state index contributed by atoms with van der Waals surface area (Å²) in [6.45, 7) is 8.57. The second kappa shape index (κ2) is 9.64. The summed E-state index contributed by atoms with van der Waals surface area (Å²) in [4.78, 5) is 19.2. The topological polar surface area (TPSA) is 94.2 Å². The van der Waals surface area contributed by atoms with E-state index in [0.717, 1.165) is 48.9 Å². The van der Waals surface area contributed by atoms with Gasteiger partial charge < -0.3 is 10.2 Å². The number of thioether (sulfide) groups is 1. The first-order valence-electron chi connectivity index (χ1n) is 15.9. The number of aliphatic hydroxyl groups excluding tert-OH is 1. The maximum absolute atomic E-state index is 14.5. The van der Waals surface area contributed by atoms with Crippen molar-refractivity contribution in [2.24, 2.45) is 33.5 Å². The Hall–Kier alpha value is -2.72. The summed E-state index contributed by atoms with van der Waals surface area (Å²) >= 11 is 1.51. The fourth-order valence-corrected chi connectivity index (χ4v) is 12.0. The van der Waals surface area contributed by atoms with Crippen molar-refractivity contribution in [2.45, 2.75) is 89.4 Å². The number of aromatic nitrogens is 1. The molecule has 8 rings (SSSR count). The highest BCUT2D eigenvalue weighted by molar-refractivity contribution is 7.99. The number of ketones is 1. The average Bonchev–Trinajstić information content (AvgIpc) is 3.26. The molecule has 6 aliphatic carbocycles. The van der Waals surface area contributed by atoms with Crippen LogP contribution in [0.5, 0.6) is 0 Å². The van der Waals surface area contributed by atoms with E-state index >= 15 is 0 Å². The third-order valence-electron chi connectivity index (χ3n) is 12.9. The summed E-state index contributed by atoms with van der Waals surface area (Å²) in [7, 11) is 0. The normalized spacial score (nSPS) is 40.7. The van der Waals surface area contributed by atoms with Crippen LogP contribution in [0.2, 0.25) is 0 Å². The standard InChI is InChI=1S/C37H42N2O3S/c1-23-18-24(2)39-32(27(23)21-38)43-22-36(42)15-12-30-34(36,4)14-11-29-33(3)13-10-26(40)19-35(33)16-17-37(29,30)28(20-35)31(41)25-8-6-5-7-9-25/h5-9,16-18,20,26,29-30,40,42H,10-15,19,22H2,1-4H3/t26?,29-,30-,33-,34+,35+,36-,37-/m1/s1. The van der Waals surface area contributed by atoms with E-state index in [4.69, 9.17) is 4.98 Å². The van der Waals surface area contributed by atoms with Crippen molar-refractivity contribution in [3.8, 4) is 6.07 Å². The van der Waals surface area contributed by atoms with Gasteiger partial charge in [0.15, 0.2) is 5.78 Å². The molecule has 43 heavy (non-hydrogen) atoms. The highest BCUT2D eigenvalue weighted by Gasteiger charge is 2.74. The maximum atomic E-state index is 14.5. The Kier molecular flexibility index (Phi) is 6.50. The first kappa shape index (κ1) is 29.0. The number of pyridine rings is 1. The lowest BCUT2D eigenvalue weighted by atomic mass is 9.32. The van der Waals surface area contributed by atoms with Crippen molar-refractivity contribution in [2.75, 3.05) is 5.75 Å². The smallest absolute Gasteiger partial charge is 0.189 e. The Morgan fingerprint density at radius 2 is 1.74 bits per heavy atom. The van der Waals surface area contributed by atoms with Crippen molar-refractivity contribution < 1.29 is 15.0 Å². The van der Waals surface area contributed by atoms with Crippen LogP contribution in [0.1, 0.15) is 86.0 Å². The Morgan fingerprint density at radius 1 is 1.05 bits per heavy atom. The minimum absolute atomic E-state index is 0.0526. The van der Waals surface area contributed by atoms with Gasteiger partial charge in [0.2, 0.25) is 0 Å². The van der Waals surface area contributed by atoms with Crippen LogP contribution in [0.25, 0.3) is 0 Å². The molecule has 3 fully saturated rings. The molecule has 1 heterocycles. The Labute approximate surface area is 259 Å². The first-order valence-corrected chi connectivity index (χ1v) is 16.9. The predicted octanol–water partition coefficient (Wildman–Crippen LogP) is 7.14. The number of aryl methyl sites for hydroxylation is 2. The van der Waals surface area contributed by atoms with Crippen molar-refractivity contribution >= 4 is 17.5 Å². The van der Waals surface area contributed by atoms with E-state index in [9.17, 15) is 20.3 Å². The molecule has 5 nitrogen and oxygen atoms in total. The summed E-state index contributed by atoms with van der Waals surface area (Å²) in [6.07, 6.45) is 12.3. The Bertz CT molecular complexity index is 1610. The molecule has 1 unspecified atom stereocenters. The molecule has 0 aliphatic heterocycles. The predicted molar refractivity (Wildman–Crippen MR) is 168 cm³/mol. The molecule has 224 valence electrons. The van der Waals surface area contributed by atoms with Crippen molar-refractivity contribution in [3.05, 3.63) is 82.6 Å². The number of carbonyl (C=O) groups is 1. The van der Waals surface area contributed by atoms with E-state index in [0.29, 0.717) is 34.7 Å². The lowest BCUT2D eigenvalue weighted by molar-refractivity contribution is -0.166. The molecule has 1 aromatic carbocycles. The van der Waals surface area contributed by atoms with Crippen LogP contribution in [0.15, 0.2) is 65.2 Å². The number of hydrogen-bond acceptors (Lipinski definition) is 6. The molecule has 2 bridgehead atoms. The van der Waals surface area contributed by atoms with E-state index in [1.165, 1.54) is 11.8 Å². The molecule has 6 aliphatic rings. The number of rotatable bonds is 5. The molecule has 6 heteroatoms. The number of fused-ring (bicyclic) bond motifs is 1. The van der Waals surface area contributed by atoms with E-state index in [1.807, 2.05) is 50.2 Å². The quantitative estimate of drug-likeness (QED) is 0.217. The molecule has 2 spiro atoms. The van der Waals surface area contributed by atoms with Crippen LogP contribution < -0.4 is 0 Å². The molecule has 1 aromatic heterocycles. The highest BCUT2D eigenvalue weighted by atomic mass is 32.2. The minimum atomic E-state index is -0.960. The van der Waals surface area contributed by atoms with Gasteiger partial charge in [0.05, 0.1) is 17.3 Å². The van der Waals surface area contributed by atoms with Crippen molar-refractivity contribution in [3.63, 3.8) is 0 Å². The van der Waals surface area contributed by atoms with Crippen LogP contribution in [-0.4, -0.2) is 38.4 Å². The molecule has 8 atom stereocenters. The third kappa shape index (κ3) is 3.77. The molecular weight excluding hydrogens is 552 g/mol. The zero-order chi connectivity index (χ0) is 30.4. The van der Waals surface area contributed by atoms with Gasteiger partial charge in [0.1, 0.15) is 11.1 Å². The number of allylic oxidation sites excluding steroid dienone is 4.